The number of likely N-dealkylation sites (tertiary alicyclic amines) is 1. The molecule has 132 valence electrons. The van der Waals surface area contributed by atoms with Crippen LogP contribution in [0.1, 0.15) is 37.0 Å². The third kappa shape index (κ3) is 3.01. The third-order valence-electron chi connectivity index (χ3n) is 4.72. The first kappa shape index (κ1) is 17.1. The Labute approximate surface area is 145 Å². The quantitative estimate of drug-likeness (QED) is 0.836. The lowest BCUT2D eigenvalue weighted by atomic mass is 10.1. The second kappa shape index (κ2) is 7.04. The van der Waals surface area contributed by atoms with Crippen LogP contribution >= 0.6 is 0 Å². The topological polar surface area (TPSA) is 75.0 Å². The number of hydrogen-bond donors (Lipinski definition) is 0. The number of hydrogen-bond acceptors (Lipinski definition) is 4. The molecule has 7 nitrogen and oxygen atoms in total. The van der Waals surface area contributed by atoms with Crippen molar-refractivity contribution in [1.29, 1.82) is 0 Å². The van der Waals surface area contributed by atoms with Crippen LogP contribution in [-0.4, -0.2) is 56.7 Å². The van der Waals surface area contributed by atoms with E-state index in [0.29, 0.717) is 31.7 Å². The van der Waals surface area contributed by atoms with Crippen molar-refractivity contribution in [2.24, 2.45) is 0 Å². The number of carbonyl (C=O) groups is 2. The molecule has 1 saturated heterocycles. The number of likely N-dealkylation sites (N-methyl/N-ethyl adjacent to an activating group) is 1. The summed E-state index contributed by atoms with van der Waals surface area (Å²) in [4.78, 5) is 45.7. The number of fused-ring (bicyclic) bond motifs is 1. The molecule has 0 spiro atoms. The number of rotatable bonds is 4. The van der Waals surface area contributed by atoms with Crippen molar-refractivity contribution in [2.45, 2.75) is 32.7 Å². The maximum absolute atomic E-state index is 12.9. The molecule has 25 heavy (non-hydrogen) atoms. The Kier molecular flexibility index (Phi) is 4.83. The second-order valence-corrected chi connectivity index (χ2v) is 6.07. The third-order valence-corrected chi connectivity index (χ3v) is 4.72. The summed E-state index contributed by atoms with van der Waals surface area (Å²) >= 11 is 0. The van der Waals surface area contributed by atoms with Crippen molar-refractivity contribution in [2.75, 3.05) is 19.6 Å². The summed E-state index contributed by atoms with van der Waals surface area (Å²) < 4.78 is 1.35. The SMILES string of the molecule is CCN(CC)C(=O)C1CCCN1C(=O)c1cnc2ccccn2c1=O. The molecule has 3 rings (SSSR count). The van der Waals surface area contributed by atoms with Crippen LogP contribution in [0.15, 0.2) is 35.4 Å². The minimum absolute atomic E-state index is 0.00273. The predicted molar refractivity (Wildman–Crippen MR) is 93.4 cm³/mol. The minimum atomic E-state index is -0.497. The van der Waals surface area contributed by atoms with E-state index in [2.05, 4.69) is 4.98 Å². The normalized spacial score (nSPS) is 17.0. The van der Waals surface area contributed by atoms with Crippen LogP contribution in [0.2, 0.25) is 0 Å². The first-order chi connectivity index (χ1) is 12.1. The van der Waals surface area contributed by atoms with Crippen LogP contribution in [0.25, 0.3) is 5.65 Å². The summed E-state index contributed by atoms with van der Waals surface area (Å²) in [5.74, 6) is -0.469. The van der Waals surface area contributed by atoms with Crippen LogP contribution in [-0.2, 0) is 4.79 Å². The fourth-order valence-electron chi connectivity index (χ4n) is 3.34. The molecule has 7 heteroatoms. The summed E-state index contributed by atoms with van der Waals surface area (Å²) in [7, 11) is 0. The van der Waals surface area contributed by atoms with Gasteiger partial charge in [-0.25, -0.2) is 4.98 Å². The van der Waals surface area contributed by atoms with Gasteiger partial charge in [-0.05, 0) is 38.8 Å². The van der Waals surface area contributed by atoms with Crippen molar-refractivity contribution in [3.8, 4) is 0 Å². The molecule has 0 aliphatic carbocycles. The Morgan fingerprint density at radius 3 is 2.76 bits per heavy atom. The molecular weight excluding hydrogens is 320 g/mol. The van der Waals surface area contributed by atoms with E-state index < -0.39 is 17.5 Å². The van der Waals surface area contributed by atoms with Gasteiger partial charge in [0.2, 0.25) is 5.91 Å². The minimum Gasteiger partial charge on any atom is -0.341 e. The van der Waals surface area contributed by atoms with Crippen molar-refractivity contribution >= 4 is 17.5 Å². The Bertz CT molecular complexity index is 857. The largest absolute Gasteiger partial charge is 0.341 e. The molecular formula is C18H22N4O3. The van der Waals surface area contributed by atoms with Crippen molar-refractivity contribution in [3.63, 3.8) is 0 Å². The molecule has 2 amide bonds. The first-order valence-corrected chi connectivity index (χ1v) is 8.64. The van der Waals surface area contributed by atoms with Crippen molar-refractivity contribution < 1.29 is 9.59 Å². The Hall–Kier alpha value is -2.70. The molecule has 1 aliphatic heterocycles. The monoisotopic (exact) mass is 342 g/mol. The number of aromatic nitrogens is 2. The van der Waals surface area contributed by atoms with Gasteiger partial charge in [0.25, 0.3) is 11.5 Å². The highest BCUT2D eigenvalue weighted by atomic mass is 16.2. The average molecular weight is 342 g/mol. The fourth-order valence-corrected chi connectivity index (χ4v) is 3.34. The zero-order valence-corrected chi connectivity index (χ0v) is 14.5. The lowest BCUT2D eigenvalue weighted by Gasteiger charge is -2.28. The maximum Gasteiger partial charge on any atom is 0.270 e. The summed E-state index contributed by atoms with van der Waals surface area (Å²) in [5.41, 5.74) is 0.0840. The van der Waals surface area contributed by atoms with Crippen LogP contribution in [0.5, 0.6) is 0 Å². The second-order valence-electron chi connectivity index (χ2n) is 6.07. The molecule has 2 aromatic heterocycles. The van der Waals surface area contributed by atoms with Crippen molar-refractivity contribution in [1.82, 2.24) is 19.2 Å². The molecule has 1 fully saturated rings. The van der Waals surface area contributed by atoms with E-state index in [1.165, 1.54) is 15.5 Å². The van der Waals surface area contributed by atoms with E-state index in [9.17, 15) is 14.4 Å². The molecule has 2 aromatic rings. The first-order valence-electron chi connectivity index (χ1n) is 8.64. The molecule has 3 heterocycles. The van der Waals surface area contributed by atoms with E-state index in [-0.39, 0.29) is 11.5 Å². The van der Waals surface area contributed by atoms with Gasteiger partial charge in [0.15, 0.2) is 0 Å². The highest BCUT2D eigenvalue weighted by molar-refractivity contribution is 5.97. The van der Waals surface area contributed by atoms with Crippen LogP contribution < -0.4 is 5.56 Å². The van der Waals surface area contributed by atoms with E-state index in [1.807, 2.05) is 13.8 Å². The summed E-state index contributed by atoms with van der Waals surface area (Å²) in [5, 5.41) is 0. The van der Waals surface area contributed by atoms with E-state index in [1.54, 1.807) is 29.3 Å². The van der Waals surface area contributed by atoms with E-state index in [4.69, 9.17) is 0 Å². The fraction of sp³-hybridized carbons (Fsp3) is 0.444. The van der Waals surface area contributed by atoms with Gasteiger partial charge in [0.1, 0.15) is 17.3 Å². The van der Waals surface area contributed by atoms with Gasteiger partial charge >= 0.3 is 0 Å². The van der Waals surface area contributed by atoms with Gasteiger partial charge in [0.05, 0.1) is 0 Å². The van der Waals surface area contributed by atoms with Gasteiger partial charge in [0, 0.05) is 32.0 Å². The standard InChI is InChI=1S/C18H22N4O3/c1-3-20(4-2)18(25)14-8-7-11-21(14)16(23)13-12-19-15-9-5-6-10-22(15)17(13)24/h5-6,9-10,12,14H,3-4,7-8,11H2,1-2H3. The van der Waals surface area contributed by atoms with Gasteiger partial charge in [-0.15, -0.1) is 0 Å². The van der Waals surface area contributed by atoms with Crippen LogP contribution in [0.3, 0.4) is 0 Å². The molecule has 1 atom stereocenters. The summed E-state index contributed by atoms with van der Waals surface area (Å²) in [6.07, 6.45) is 4.29. The Morgan fingerprint density at radius 2 is 2.04 bits per heavy atom. The highest BCUT2D eigenvalue weighted by Crippen LogP contribution is 2.21. The van der Waals surface area contributed by atoms with Crippen molar-refractivity contribution in [3.05, 3.63) is 46.5 Å². The number of amides is 2. The lowest BCUT2D eigenvalue weighted by Crippen LogP contribution is -2.48. The molecule has 0 bridgehead atoms. The predicted octanol–water partition coefficient (Wildman–Crippen LogP) is 1.17. The summed E-state index contributed by atoms with van der Waals surface area (Å²) in [6, 6.07) is 4.71. The van der Waals surface area contributed by atoms with E-state index >= 15 is 0 Å². The molecule has 0 saturated carbocycles. The van der Waals surface area contributed by atoms with E-state index in [0.717, 1.165) is 6.42 Å². The number of pyridine rings is 1. The molecule has 0 aromatic carbocycles. The van der Waals surface area contributed by atoms with Gasteiger partial charge in [-0.1, -0.05) is 6.07 Å². The van der Waals surface area contributed by atoms with Gasteiger partial charge in [-0.3, -0.25) is 18.8 Å². The zero-order valence-electron chi connectivity index (χ0n) is 14.5. The Balaban J connectivity index is 1.93. The average Bonchev–Trinajstić information content (AvgIpc) is 3.12. The van der Waals surface area contributed by atoms with Crippen LogP contribution in [0, 0.1) is 0 Å². The molecule has 0 radical (unpaired) electrons. The Morgan fingerprint density at radius 1 is 1.28 bits per heavy atom. The molecule has 1 aliphatic rings. The number of carbonyl (C=O) groups excluding carboxylic acids is 2. The van der Waals surface area contributed by atoms with Gasteiger partial charge in [-0.2, -0.15) is 0 Å². The van der Waals surface area contributed by atoms with Gasteiger partial charge < -0.3 is 9.80 Å². The maximum atomic E-state index is 12.9. The molecule has 0 N–H and O–H groups in total. The smallest absolute Gasteiger partial charge is 0.270 e. The summed E-state index contributed by atoms with van der Waals surface area (Å²) in [6.45, 7) is 5.53. The highest BCUT2D eigenvalue weighted by Gasteiger charge is 2.37. The lowest BCUT2D eigenvalue weighted by molar-refractivity contribution is -0.134. The zero-order chi connectivity index (χ0) is 18.0. The van der Waals surface area contributed by atoms with Crippen LogP contribution in [0.4, 0.5) is 0 Å². The number of nitrogens with zero attached hydrogens (tertiary/aromatic N) is 4. The molecule has 1 unspecified atom stereocenters.